The Morgan fingerprint density at radius 2 is 2.11 bits per heavy atom. The maximum absolute atomic E-state index is 11.4. The molecular formula is C13H18N2O3. The fourth-order valence-electron chi connectivity index (χ4n) is 1.85. The number of nitrogens with zero attached hydrogens (tertiary/aromatic N) is 1. The van der Waals surface area contributed by atoms with Crippen LogP contribution in [0, 0.1) is 0 Å². The molecule has 1 N–H and O–H groups in total. The maximum Gasteiger partial charge on any atom is 0.234 e. The average molecular weight is 250 g/mol. The standard InChI is InChI=1S/C13H18N2O3/c1-15(2)14-13(16)5-3-4-10-6-7-11-12(8-10)18-9-17-11/h6-8H,3-5,9H2,1-2H3,(H,14,16). The Labute approximate surface area is 107 Å². The molecule has 1 aliphatic heterocycles. The van der Waals surface area contributed by atoms with E-state index < -0.39 is 0 Å². The summed E-state index contributed by atoms with van der Waals surface area (Å²) in [6, 6.07) is 5.90. The van der Waals surface area contributed by atoms with Gasteiger partial charge in [-0.1, -0.05) is 6.07 Å². The van der Waals surface area contributed by atoms with Gasteiger partial charge in [-0.25, -0.2) is 5.01 Å². The molecule has 2 rings (SSSR count). The Morgan fingerprint density at radius 3 is 2.89 bits per heavy atom. The van der Waals surface area contributed by atoms with Crippen molar-refractivity contribution < 1.29 is 14.3 Å². The van der Waals surface area contributed by atoms with E-state index in [1.54, 1.807) is 19.1 Å². The molecule has 5 nitrogen and oxygen atoms in total. The first kappa shape index (κ1) is 12.7. The van der Waals surface area contributed by atoms with Gasteiger partial charge in [-0.3, -0.25) is 10.2 Å². The van der Waals surface area contributed by atoms with E-state index in [9.17, 15) is 4.79 Å². The smallest absolute Gasteiger partial charge is 0.234 e. The zero-order valence-corrected chi connectivity index (χ0v) is 10.7. The summed E-state index contributed by atoms with van der Waals surface area (Å²) in [6.07, 6.45) is 2.20. The topological polar surface area (TPSA) is 50.8 Å². The lowest BCUT2D eigenvalue weighted by atomic mass is 10.1. The van der Waals surface area contributed by atoms with E-state index in [1.165, 1.54) is 0 Å². The van der Waals surface area contributed by atoms with Gasteiger partial charge in [0.1, 0.15) is 0 Å². The van der Waals surface area contributed by atoms with Crippen molar-refractivity contribution in [3.05, 3.63) is 23.8 Å². The molecule has 0 aliphatic carbocycles. The molecule has 0 saturated carbocycles. The lowest BCUT2D eigenvalue weighted by Crippen LogP contribution is -2.35. The molecule has 0 saturated heterocycles. The van der Waals surface area contributed by atoms with Crippen molar-refractivity contribution in [1.82, 2.24) is 10.4 Å². The molecule has 0 spiro atoms. The number of nitrogens with one attached hydrogen (secondary N) is 1. The van der Waals surface area contributed by atoms with Crippen molar-refractivity contribution >= 4 is 5.91 Å². The minimum Gasteiger partial charge on any atom is -0.454 e. The maximum atomic E-state index is 11.4. The second-order valence-corrected chi connectivity index (χ2v) is 4.47. The van der Waals surface area contributed by atoms with E-state index in [0.717, 1.165) is 29.9 Å². The van der Waals surface area contributed by atoms with Gasteiger partial charge in [-0.2, -0.15) is 0 Å². The fraction of sp³-hybridized carbons (Fsp3) is 0.462. The first-order chi connectivity index (χ1) is 8.65. The highest BCUT2D eigenvalue weighted by Crippen LogP contribution is 2.32. The molecule has 1 heterocycles. The van der Waals surface area contributed by atoms with Crippen molar-refractivity contribution in [2.75, 3.05) is 20.9 Å². The van der Waals surface area contributed by atoms with Crippen LogP contribution in [0.25, 0.3) is 0 Å². The molecule has 5 heteroatoms. The number of rotatable bonds is 5. The van der Waals surface area contributed by atoms with Crippen molar-refractivity contribution in [2.24, 2.45) is 0 Å². The molecule has 0 bridgehead atoms. The Bertz CT molecular complexity index is 432. The summed E-state index contributed by atoms with van der Waals surface area (Å²) in [5, 5.41) is 1.66. The van der Waals surface area contributed by atoms with Crippen LogP contribution in [0.5, 0.6) is 11.5 Å². The van der Waals surface area contributed by atoms with Crippen molar-refractivity contribution in [3.63, 3.8) is 0 Å². The summed E-state index contributed by atoms with van der Waals surface area (Å²) in [5.74, 6) is 1.63. The summed E-state index contributed by atoms with van der Waals surface area (Å²) in [4.78, 5) is 11.4. The van der Waals surface area contributed by atoms with Crippen LogP contribution in [-0.2, 0) is 11.2 Å². The molecule has 0 fully saturated rings. The van der Waals surface area contributed by atoms with Gasteiger partial charge in [0.2, 0.25) is 12.7 Å². The Hall–Kier alpha value is -1.75. The third-order valence-electron chi connectivity index (χ3n) is 2.65. The first-order valence-corrected chi connectivity index (χ1v) is 6.00. The number of hydrogen-bond acceptors (Lipinski definition) is 4. The van der Waals surface area contributed by atoms with Crippen LogP contribution in [-0.4, -0.2) is 31.8 Å². The van der Waals surface area contributed by atoms with E-state index in [1.807, 2.05) is 18.2 Å². The highest BCUT2D eigenvalue weighted by molar-refractivity contribution is 5.75. The van der Waals surface area contributed by atoms with Crippen molar-refractivity contribution in [2.45, 2.75) is 19.3 Å². The Morgan fingerprint density at radius 1 is 1.33 bits per heavy atom. The lowest BCUT2D eigenvalue weighted by Gasteiger charge is -2.11. The largest absolute Gasteiger partial charge is 0.454 e. The summed E-state index contributed by atoms with van der Waals surface area (Å²) in [6.45, 7) is 0.296. The number of hydrazine groups is 1. The lowest BCUT2D eigenvalue weighted by molar-refractivity contribution is -0.124. The van der Waals surface area contributed by atoms with Crippen molar-refractivity contribution in [1.29, 1.82) is 0 Å². The quantitative estimate of drug-likeness (QED) is 0.801. The third-order valence-corrected chi connectivity index (χ3v) is 2.65. The number of fused-ring (bicyclic) bond motifs is 1. The number of benzene rings is 1. The molecule has 98 valence electrons. The second kappa shape index (κ2) is 5.73. The van der Waals surface area contributed by atoms with Crippen LogP contribution in [0.4, 0.5) is 0 Å². The molecular weight excluding hydrogens is 232 g/mol. The van der Waals surface area contributed by atoms with Gasteiger partial charge in [-0.05, 0) is 30.5 Å². The predicted octanol–water partition coefficient (Wildman–Crippen LogP) is 1.33. The van der Waals surface area contributed by atoms with Gasteiger partial charge in [0.25, 0.3) is 0 Å². The number of hydrogen-bond donors (Lipinski definition) is 1. The normalized spacial score (nSPS) is 12.8. The molecule has 1 amide bonds. The molecule has 0 unspecified atom stereocenters. The molecule has 0 radical (unpaired) electrons. The van der Waals surface area contributed by atoms with E-state index in [0.29, 0.717) is 13.2 Å². The summed E-state index contributed by atoms with van der Waals surface area (Å²) < 4.78 is 10.6. The van der Waals surface area contributed by atoms with Gasteiger partial charge in [0.15, 0.2) is 11.5 Å². The third kappa shape index (κ3) is 3.37. The summed E-state index contributed by atoms with van der Waals surface area (Å²) >= 11 is 0. The minimum atomic E-state index is 0.0424. The summed E-state index contributed by atoms with van der Waals surface area (Å²) in [5.41, 5.74) is 3.88. The zero-order chi connectivity index (χ0) is 13.0. The Kier molecular flexibility index (Phi) is 4.04. The first-order valence-electron chi connectivity index (χ1n) is 6.00. The molecule has 1 aromatic rings. The van der Waals surface area contributed by atoms with Crippen LogP contribution in [0.3, 0.4) is 0 Å². The van der Waals surface area contributed by atoms with E-state index in [4.69, 9.17) is 9.47 Å². The monoisotopic (exact) mass is 250 g/mol. The van der Waals surface area contributed by atoms with Crippen LogP contribution < -0.4 is 14.9 Å². The van der Waals surface area contributed by atoms with Crippen LogP contribution in [0.2, 0.25) is 0 Å². The van der Waals surface area contributed by atoms with Crippen molar-refractivity contribution in [3.8, 4) is 11.5 Å². The van der Waals surface area contributed by atoms with Crippen LogP contribution in [0.1, 0.15) is 18.4 Å². The van der Waals surface area contributed by atoms with Gasteiger partial charge in [-0.15, -0.1) is 0 Å². The molecule has 1 aliphatic rings. The SMILES string of the molecule is CN(C)NC(=O)CCCc1ccc2c(c1)OCO2. The predicted molar refractivity (Wildman–Crippen MR) is 67.3 cm³/mol. The molecule has 1 aromatic carbocycles. The molecule has 0 aromatic heterocycles. The summed E-state index contributed by atoms with van der Waals surface area (Å²) in [7, 11) is 3.60. The molecule has 0 atom stereocenters. The minimum absolute atomic E-state index is 0.0424. The van der Waals surface area contributed by atoms with Gasteiger partial charge >= 0.3 is 0 Å². The second-order valence-electron chi connectivity index (χ2n) is 4.47. The average Bonchev–Trinajstić information content (AvgIpc) is 2.75. The van der Waals surface area contributed by atoms with E-state index in [2.05, 4.69) is 5.43 Å². The van der Waals surface area contributed by atoms with Gasteiger partial charge < -0.3 is 9.47 Å². The number of amides is 1. The molecule has 18 heavy (non-hydrogen) atoms. The van der Waals surface area contributed by atoms with Crippen LogP contribution in [0.15, 0.2) is 18.2 Å². The number of aryl methyl sites for hydroxylation is 1. The van der Waals surface area contributed by atoms with Crippen LogP contribution >= 0.6 is 0 Å². The number of carbonyl (C=O) groups excluding carboxylic acids is 1. The van der Waals surface area contributed by atoms with Gasteiger partial charge in [0.05, 0.1) is 0 Å². The zero-order valence-electron chi connectivity index (χ0n) is 10.7. The van der Waals surface area contributed by atoms with E-state index in [-0.39, 0.29) is 5.91 Å². The highest BCUT2D eigenvalue weighted by atomic mass is 16.7. The Balaban J connectivity index is 1.78. The van der Waals surface area contributed by atoms with Gasteiger partial charge in [0, 0.05) is 20.5 Å². The van der Waals surface area contributed by atoms with E-state index >= 15 is 0 Å². The fourth-order valence-corrected chi connectivity index (χ4v) is 1.85. The number of carbonyl (C=O) groups is 1. The number of ether oxygens (including phenoxy) is 2. The highest BCUT2D eigenvalue weighted by Gasteiger charge is 2.13.